The number of hydrogen-bond donors (Lipinski definition) is 1. The largest absolute Gasteiger partial charge is 0.303 e. The Morgan fingerprint density at radius 2 is 2.24 bits per heavy atom. The highest BCUT2D eigenvalue weighted by atomic mass is 35.5. The van der Waals surface area contributed by atoms with Gasteiger partial charge in [0.1, 0.15) is 0 Å². The molecule has 0 aliphatic rings. The average Bonchev–Trinajstić information content (AvgIpc) is 2.92. The molecule has 0 aromatic carbocycles. The van der Waals surface area contributed by atoms with Gasteiger partial charge in [0.15, 0.2) is 4.96 Å². The van der Waals surface area contributed by atoms with Gasteiger partial charge < -0.3 is 5.32 Å². The minimum atomic E-state index is -0.194. The van der Waals surface area contributed by atoms with Crippen LogP contribution in [0, 0.1) is 0 Å². The second-order valence-corrected chi connectivity index (χ2v) is 5.49. The van der Waals surface area contributed by atoms with Crippen LogP contribution < -0.4 is 5.32 Å². The summed E-state index contributed by atoms with van der Waals surface area (Å²) in [4.78, 5) is 5.53. The highest BCUT2D eigenvalue weighted by Gasteiger charge is 2.25. The molecule has 0 spiro atoms. The number of halogens is 2. The fourth-order valence-electron chi connectivity index (χ4n) is 1.58. The highest BCUT2D eigenvalue weighted by Crippen LogP contribution is 2.17. The van der Waals surface area contributed by atoms with Crippen LogP contribution in [0.3, 0.4) is 0 Å². The molecule has 94 valence electrons. The summed E-state index contributed by atoms with van der Waals surface area (Å²) in [7, 11) is 0. The Labute approximate surface area is 115 Å². The van der Waals surface area contributed by atoms with Crippen molar-refractivity contribution in [2.24, 2.45) is 0 Å². The maximum absolute atomic E-state index is 5.98. The first-order chi connectivity index (χ1) is 8.23. The Morgan fingerprint density at radius 1 is 1.47 bits per heavy atom. The molecule has 0 saturated carbocycles. The number of aromatic nitrogens is 2. The predicted molar refractivity (Wildman–Crippen MR) is 74.4 cm³/mol. The molecule has 3 nitrogen and oxygen atoms in total. The van der Waals surface area contributed by atoms with Gasteiger partial charge in [-0.1, -0.05) is 6.92 Å². The van der Waals surface area contributed by atoms with Crippen molar-refractivity contribution >= 4 is 39.5 Å². The van der Waals surface area contributed by atoms with E-state index in [4.69, 9.17) is 23.2 Å². The Balaban J connectivity index is 2.04. The summed E-state index contributed by atoms with van der Waals surface area (Å²) in [6.07, 6.45) is 4.94. The van der Waals surface area contributed by atoms with Gasteiger partial charge in [-0.15, -0.1) is 34.5 Å². The van der Waals surface area contributed by atoms with Crippen LogP contribution in [-0.2, 0) is 6.54 Å². The second-order valence-electron chi connectivity index (χ2n) is 4.08. The summed E-state index contributed by atoms with van der Waals surface area (Å²) >= 11 is 13.6. The summed E-state index contributed by atoms with van der Waals surface area (Å²) in [6.45, 7) is 2.78. The van der Waals surface area contributed by atoms with Gasteiger partial charge >= 0.3 is 0 Å². The zero-order valence-corrected chi connectivity index (χ0v) is 11.9. The third-order valence-electron chi connectivity index (χ3n) is 2.98. The minimum absolute atomic E-state index is 0.194. The Hall–Kier alpha value is -0.290. The SMILES string of the molecule is CCC(CCl)(CCl)NCc1cn2ccsc2n1. The van der Waals surface area contributed by atoms with E-state index in [-0.39, 0.29) is 5.54 Å². The average molecular weight is 292 g/mol. The molecule has 0 aliphatic carbocycles. The van der Waals surface area contributed by atoms with E-state index in [1.54, 1.807) is 11.3 Å². The van der Waals surface area contributed by atoms with E-state index < -0.39 is 0 Å². The summed E-state index contributed by atoms with van der Waals surface area (Å²) in [5.41, 5.74) is 0.824. The van der Waals surface area contributed by atoms with Crippen molar-refractivity contribution < 1.29 is 0 Å². The summed E-state index contributed by atoms with van der Waals surface area (Å²) in [5, 5.41) is 5.44. The Kier molecular flexibility index (Phi) is 4.31. The number of rotatable bonds is 6. The van der Waals surface area contributed by atoms with Crippen LogP contribution in [-0.4, -0.2) is 26.7 Å². The Morgan fingerprint density at radius 3 is 2.82 bits per heavy atom. The number of alkyl halides is 2. The third kappa shape index (κ3) is 2.76. The van der Waals surface area contributed by atoms with Gasteiger partial charge in [0.2, 0.25) is 0 Å². The summed E-state index contributed by atoms with van der Waals surface area (Å²) in [5.74, 6) is 1.02. The van der Waals surface area contributed by atoms with Crippen LogP contribution in [0.5, 0.6) is 0 Å². The van der Waals surface area contributed by atoms with E-state index in [2.05, 4.69) is 17.2 Å². The van der Waals surface area contributed by atoms with Crippen molar-refractivity contribution in [3.8, 4) is 0 Å². The number of nitrogens with zero attached hydrogens (tertiary/aromatic N) is 2. The van der Waals surface area contributed by atoms with Crippen molar-refractivity contribution in [1.82, 2.24) is 14.7 Å². The third-order valence-corrected chi connectivity index (χ3v) is 4.77. The lowest BCUT2D eigenvalue weighted by atomic mass is 10.0. The lowest BCUT2D eigenvalue weighted by Crippen LogP contribution is -2.47. The van der Waals surface area contributed by atoms with Gasteiger partial charge in [0.05, 0.1) is 5.69 Å². The van der Waals surface area contributed by atoms with Crippen molar-refractivity contribution in [2.45, 2.75) is 25.4 Å². The van der Waals surface area contributed by atoms with Crippen LogP contribution >= 0.6 is 34.5 Å². The fourth-order valence-corrected chi connectivity index (χ4v) is 3.16. The van der Waals surface area contributed by atoms with Gasteiger partial charge in [-0.05, 0) is 6.42 Å². The van der Waals surface area contributed by atoms with Crippen molar-refractivity contribution in [2.75, 3.05) is 11.8 Å². The predicted octanol–water partition coefficient (Wildman–Crippen LogP) is 3.11. The molecular formula is C11H15Cl2N3S. The molecule has 2 aromatic heterocycles. The number of thiazole rings is 1. The maximum Gasteiger partial charge on any atom is 0.193 e. The molecule has 17 heavy (non-hydrogen) atoms. The van der Waals surface area contributed by atoms with Crippen molar-refractivity contribution in [3.63, 3.8) is 0 Å². The van der Waals surface area contributed by atoms with Crippen LogP contribution in [0.4, 0.5) is 0 Å². The molecule has 0 aliphatic heterocycles. The first kappa shape index (κ1) is 13.1. The van der Waals surface area contributed by atoms with Crippen LogP contribution in [0.2, 0.25) is 0 Å². The van der Waals surface area contributed by atoms with Gasteiger partial charge in [-0.2, -0.15) is 0 Å². The van der Waals surface area contributed by atoms with Crippen molar-refractivity contribution in [1.29, 1.82) is 0 Å². The smallest absolute Gasteiger partial charge is 0.193 e. The van der Waals surface area contributed by atoms with Crippen LogP contribution in [0.1, 0.15) is 19.0 Å². The van der Waals surface area contributed by atoms with Gasteiger partial charge in [-0.25, -0.2) is 4.98 Å². The zero-order valence-electron chi connectivity index (χ0n) is 9.62. The van der Waals surface area contributed by atoms with Gasteiger partial charge in [0.25, 0.3) is 0 Å². The normalized spacial score (nSPS) is 12.4. The Bertz CT molecular complexity index is 439. The lowest BCUT2D eigenvalue weighted by molar-refractivity contribution is 0.383. The highest BCUT2D eigenvalue weighted by molar-refractivity contribution is 7.15. The number of fused-ring (bicyclic) bond motifs is 1. The summed E-state index contributed by atoms with van der Waals surface area (Å²) in [6, 6.07) is 0. The zero-order chi connectivity index (χ0) is 12.3. The molecule has 0 saturated heterocycles. The molecule has 0 amide bonds. The molecule has 0 radical (unpaired) electrons. The minimum Gasteiger partial charge on any atom is -0.303 e. The number of hydrogen-bond acceptors (Lipinski definition) is 3. The standard InChI is InChI=1S/C11H15Cl2N3S/c1-2-11(7-12,8-13)14-5-9-6-16-3-4-17-10(16)15-9/h3-4,6,14H,2,5,7-8H2,1H3. The fraction of sp³-hybridized carbons (Fsp3) is 0.545. The van der Waals surface area contributed by atoms with Crippen LogP contribution in [0.15, 0.2) is 17.8 Å². The van der Waals surface area contributed by atoms with E-state index in [0.717, 1.165) is 17.1 Å². The molecule has 0 fully saturated rings. The van der Waals surface area contributed by atoms with E-state index in [0.29, 0.717) is 18.3 Å². The lowest BCUT2D eigenvalue weighted by Gasteiger charge is -2.29. The van der Waals surface area contributed by atoms with E-state index >= 15 is 0 Å². The molecule has 0 atom stereocenters. The van der Waals surface area contributed by atoms with Gasteiger partial charge in [-0.3, -0.25) is 4.40 Å². The number of nitrogens with one attached hydrogen (secondary N) is 1. The first-order valence-corrected chi connectivity index (χ1v) is 7.46. The van der Waals surface area contributed by atoms with E-state index in [1.807, 2.05) is 22.2 Å². The van der Waals surface area contributed by atoms with Crippen molar-refractivity contribution in [3.05, 3.63) is 23.5 Å². The monoisotopic (exact) mass is 291 g/mol. The number of imidazole rings is 1. The molecule has 2 heterocycles. The van der Waals surface area contributed by atoms with Gasteiger partial charge in [0, 0.05) is 41.6 Å². The van der Waals surface area contributed by atoms with E-state index in [1.165, 1.54) is 0 Å². The first-order valence-electron chi connectivity index (χ1n) is 5.51. The van der Waals surface area contributed by atoms with Crippen LogP contribution in [0.25, 0.3) is 4.96 Å². The second kappa shape index (κ2) is 5.57. The quantitative estimate of drug-likeness (QED) is 0.829. The molecule has 0 unspecified atom stereocenters. The molecule has 2 rings (SSSR count). The molecular weight excluding hydrogens is 277 g/mol. The topological polar surface area (TPSA) is 29.3 Å². The molecule has 2 aromatic rings. The summed E-state index contributed by atoms with van der Waals surface area (Å²) < 4.78 is 2.02. The molecule has 6 heteroatoms. The maximum atomic E-state index is 5.98. The molecule has 0 bridgehead atoms. The van der Waals surface area contributed by atoms with E-state index in [9.17, 15) is 0 Å². The molecule has 1 N–H and O–H groups in total.